The van der Waals surface area contributed by atoms with Gasteiger partial charge in [0.05, 0.1) is 22.8 Å². The monoisotopic (exact) mass is 368 g/mol. The molecule has 0 saturated heterocycles. The molecule has 27 heavy (non-hydrogen) atoms. The summed E-state index contributed by atoms with van der Waals surface area (Å²) in [5.74, 6) is -0.401. The molecule has 1 atom stereocenters. The lowest BCUT2D eigenvalue weighted by atomic mass is 10.2. The molecule has 2 N–H and O–H groups in total. The first-order valence-electron chi connectivity index (χ1n) is 8.78. The number of hydrogen-bond acceptors (Lipinski definition) is 3. The normalized spacial score (nSPS) is 12.0. The lowest BCUT2D eigenvalue weighted by Gasteiger charge is -2.16. The Bertz CT molecular complexity index is 983. The van der Waals surface area contributed by atoms with Crippen LogP contribution in [0.5, 0.6) is 0 Å². The topological polar surface area (TPSA) is 76.0 Å². The Hall–Kier alpha value is -3.22. The van der Waals surface area contributed by atoms with Crippen molar-refractivity contribution in [2.24, 2.45) is 0 Å². The first-order chi connectivity index (χ1) is 13.0. The lowest BCUT2D eigenvalue weighted by Crippen LogP contribution is -2.29. The molecule has 0 bridgehead atoms. The van der Waals surface area contributed by atoms with Gasteiger partial charge in [-0.1, -0.05) is 31.2 Å². The Morgan fingerprint density at radius 2 is 1.81 bits per heavy atom. The number of halogens is 1. The third-order valence-corrected chi connectivity index (χ3v) is 4.22. The highest BCUT2D eigenvalue weighted by molar-refractivity contribution is 5.92. The number of nitrogens with zero attached hydrogens (tertiary/aromatic N) is 2. The minimum absolute atomic E-state index is 0.0451. The highest BCUT2D eigenvalue weighted by atomic mass is 19.1. The van der Waals surface area contributed by atoms with E-state index >= 15 is 0 Å². The van der Waals surface area contributed by atoms with Crippen molar-refractivity contribution >= 4 is 28.5 Å². The van der Waals surface area contributed by atoms with Crippen LogP contribution in [0.4, 0.5) is 10.1 Å². The molecule has 0 aliphatic carbocycles. The minimum atomic E-state index is -0.495. The summed E-state index contributed by atoms with van der Waals surface area (Å²) >= 11 is 0. The van der Waals surface area contributed by atoms with E-state index in [0.717, 1.165) is 11.0 Å². The minimum Gasteiger partial charge on any atom is -0.346 e. The van der Waals surface area contributed by atoms with Crippen LogP contribution in [0.25, 0.3) is 11.0 Å². The molecule has 1 heterocycles. The van der Waals surface area contributed by atoms with Crippen molar-refractivity contribution in [2.75, 3.05) is 5.32 Å². The Morgan fingerprint density at radius 3 is 2.56 bits per heavy atom. The zero-order valence-electron chi connectivity index (χ0n) is 15.2. The molecule has 0 aliphatic rings. The Labute approximate surface area is 156 Å². The van der Waals surface area contributed by atoms with Crippen molar-refractivity contribution in [3.8, 4) is 0 Å². The molecule has 1 unspecified atom stereocenters. The van der Waals surface area contributed by atoms with Crippen LogP contribution in [-0.2, 0) is 16.1 Å². The van der Waals surface area contributed by atoms with Crippen molar-refractivity contribution in [3.63, 3.8) is 0 Å². The fourth-order valence-corrected chi connectivity index (χ4v) is 2.89. The van der Waals surface area contributed by atoms with Gasteiger partial charge in [-0.15, -0.1) is 0 Å². The average molecular weight is 368 g/mol. The van der Waals surface area contributed by atoms with E-state index in [2.05, 4.69) is 15.6 Å². The number of rotatable bonds is 6. The number of fused-ring (bicyclic) bond motifs is 1. The van der Waals surface area contributed by atoms with Crippen molar-refractivity contribution in [2.45, 2.75) is 32.9 Å². The molecule has 0 spiro atoms. The molecule has 2 aromatic carbocycles. The summed E-state index contributed by atoms with van der Waals surface area (Å²) < 4.78 is 15.5. The van der Waals surface area contributed by atoms with Gasteiger partial charge in [0, 0.05) is 6.42 Å². The molecule has 3 rings (SSSR count). The van der Waals surface area contributed by atoms with E-state index in [1.54, 1.807) is 23.6 Å². The predicted octanol–water partition coefficient (Wildman–Crippen LogP) is 3.40. The predicted molar refractivity (Wildman–Crippen MR) is 102 cm³/mol. The fourth-order valence-electron chi connectivity index (χ4n) is 2.89. The van der Waals surface area contributed by atoms with Gasteiger partial charge >= 0.3 is 0 Å². The van der Waals surface area contributed by atoms with Crippen molar-refractivity contribution < 1.29 is 14.0 Å². The number of para-hydroxylation sites is 3. The first-order valence-corrected chi connectivity index (χ1v) is 8.78. The second-order valence-corrected chi connectivity index (χ2v) is 6.22. The first kappa shape index (κ1) is 18.6. The largest absolute Gasteiger partial charge is 0.346 e. The fraction of sp³-hybridized carbons (Fsp3) is 0.250. The van der Waals surface area contributed by atoms with E-state index in [1.165, 1.54) is 12.1 Å². The average Bonchev–Trinajstić information content (AvgIpc) is 3.02. The Morgan fingerprint density at radius 1 is 1.11 bits per heavy atom. The molecule has 0 aliphatic heterocycles. The maximum atomic E-state index is 13.8. The molecule has 3 aromatic rings. The van der Waals surface area contributed by atoms with Crippen LogP contribution in [0.1, 0.15) is 32.1 Å². The van der Waals surface area contributed by atoms with E-state index in [4.69, 9.17) is 0 Å². The molecule has 1 aromatic heterocycles. The quantitative estimate of drug-likeness (QED) is 0.700. The van der Waals surface area contributed by atoms with Crippen LogP contribution in [0.2, 0.25) is 0 Å². The number of aromatic nitrogens is 2. The summed E-state index contributed by atoms with van der Waals surface area (Å²) in [4.78, 5) is 28.8. The second kappa shape index (κ2) is 7.99. The second-order valence-electron chi connectivity index (χ2n) is 6.22. The maximum absolute atomic E-state index is 13.8. The summed E-state index contributed by atoms with van der Waals surface area (Å²) in [5.41, 5.74) is 1.62. The SMILES string of the molecule is CCC(=O)NC(C)c1nc2ccccc2n1CC(=O)Nc1ccccc1F. The van der Waals surface area contributed by atoms with Crippen molar-refractivity contribution in [1.82, 2.24) is 14.9 Å². The van der Waals surface area contributed by atoms with E-state index in [-0.39, 0.29) is 30.1 Å². The summed E-state index contributed by atoms with van der Waals surface area (Å²) in [6, 6.07) is 13.1. The van der Waals surface area contributed by atoms with E-state index in [9.17, 15) is 14.0 Å². The zero-order chi connectivity index (χ0) is 19.4. The van der Waals surface area contributed by atoms with Gasteiger partial charge in [0.25, 0.3) is 0 Å². The lowest BCUT2D eigenvalue weighted by molar-refractivity contribution is -0.121. The van der Waals surface area contributed by atoms with Crippen LogP contribution < -0.4 is 10.6 Å². The maximum Gasteiger partial charge on any atom is 0.244 e. The van der Waals surface area contributed by atoms with Gasteiger partial charge in [-0.2, -0.15) is 0 Å². The number of benzene rings is 2. The molecule has 0 saturated carbocycles. The zero-order valence-corrected chi connectivity index (χ0v) is 15.2. The molecule has 0 fully saturated rings. The van der Waals surface area contributed by atoms with E-state index < -0.39 is 5.82 Å². The number of anilines is 1. The summed E-state index contributed by atoms with van der Waals surface area (Å²) in [7, 11) is 0. The van der Waals surface area contributed by atoms with Crippen LogP contribution in [0, 0.1) is 5.82 Å². The molecular formula is C20H21FN4O2. The van der Waals surface area contributed by atoms with Gasteiger partial charge in [0.2, 0.25) is 11.8 Å². The molecule has 140 valence electrons. The number of nitrogens with one attached hydrogen (secondary N) is 2. The van der Waals surface area contributed by atoms with Gasteiger partial charge in [-0.3, -0.25) is 9.59 Å². The third-order valence-electron chi connectivity index (χ3n) is 4.22. The molecule has 6 nitrogen and oxygen atoms in total. The number of imidazole rings is 1. The molecular weight excluding hydrogens is 347 g/mol. The molecule has 0 radical (unpaired) electrons. The van der Waals surface area contributed by atoms with Gasteiger partial charge in [-0.05, 0) is 31.2 Å². The molecule has 2 amide bonds. The Balaban J connectivity index is 1.90. The van der Waals surface area contributed by atoms with Crippen LogP contribution in [-0.4, -0.2) is 21.4 Å². The number of carbonyl (C=O) groups excluding carboxylic acids is 2. The van der Waals surface area contributed by atoms with Gasteiger partial charge in [0.1, 0.15) is 18.2 Å². The highest BCUT2D eigenvalue weighted by Gasteiger charge is 2.20. The van der Waals surface area contributed by atoms with Gasteiger partial charge in [0.15, 0.2) is 0 Å². The summed E-state index contributed by atoms with van der Waals surface area (Å²) in [6.45, 7) is 3.55. The van der Waals surface area contributed by atoms with Gasteiger partial charge < -0.3 is 15.2 Å². The number of carbonyl (C=O) groups is 2. The number of hydrogen-bond donors (Lipinski definition) is 2. The van der Waals surface area contributed by atoms with Crippen molar-refractivity contribution in [1.29, 1.82) is 0 Å². The van der Waals surface area contributed by atoms with E-state index in [0.29, 0.717) is 12.2 Å². The van der Waals surface area contributed by atoms with Crippen LogP contribution >= 0.6 is 0 Å². The highest BCUT2D eigenvalue weighted by Crippen LogP contribution is 2.21. The number of amides is 2. The van der Waals surface area contributed by atoms with Crippen LogP contribution in [0.3, 0.4) is 0 Å². The Kier molecular flexibility index (Phi) is 5.49. The smallest absolute Gasteiger partial charge is 0.244 e. The summed E-state index contributed by atoms with van der Waals surface area (Å²) in [6.07, 6.45) is 0.359. The standard InChI is InChI=1S/C20H21FN4O2/c1-3-18(26)22-13(2)20-24-16-10-6-7-11-17(16)25(20)12-19(27)23-15-9-5-4-8-14(15)21/h4-11,13H,3,12H2,1-2H3,(H,22,26)(H,23,27). The van der Waals surface area contributed by atoms with Crippen LogP contribution in [0.15, 0.2) is 48.5 Å². The third kappa shape index (κ3) is 4.13. The van der Waals surface area contributed by atoms with Gasteiger partial charge in [-0.25, -0.2) is 9.37 Å². The van der Waals surface area contributed by atoms with Crippen molar-refractivity contribution in [3.05, 3.63) is 60.2 Å². The van der Waals surface area contributed by atoms with E-state index in [1.807, 2.05) is 31.2 Å². The molecule has 7 heteroatoms. The summed E-state index contributed by atoms with van der Waals surface area (Å²) in [5, 5.41) is 5.45.